The van der Waals surface area contributed by atoms with Crippen molar-refractivity contribution in [1.29, 1.82) is 0 Å². The Bertz CT molecular complexity index is 1290. The molecular weight excluding hydrogens is 418 g/mol. The zero-order chi connectivity index (χ0) is 22.7. The van der Waals surface area contributed by atoms with E-state index < -0.39 is 0 Å². The predicted octanol–water partition coefficient (Wildman–Crippen LogP) is 6.62. The Morgan fingerprint density at radius 2 is 1.66 bits per heavy atom. The van der Waals surface area contributed by atoms with Gasteiger partial charge in [0, 0.05) is 16.0 Å². The number of rotatable bonds is 4. The van der Waals surface area contributed by atoms with Gasteiger partial charge in [-0.15, -0.1) is 0 Å². The lowest BCUT2D eigenvalue weighted by molar-refractivity contribution is 0.0956. The highest BCUT2D eigenvalue weighted by atomic mass is 35.5. The molecule has 0 spiro atoms. The molecule has 0 saturated carbocycles. The molecule has 1 heterocycles. The molecule has 160 valence electrons. The summed E-state index contributed by atoms with van der Waals surface area (Å²) in [6.45, 7) is 6.52. The van der Waals surface area contributed by atoms with Crippen LogP contribution in [0.5, 0.6) is 0 Å². The number of amides is 1. The minimum absolute atomic E-state index is 0.0914. The van der Waals surface area contributed by atoms with Gasteiger partial charge in [-0.25, -0.2) is 10.4 Å². The number of nitrogens with one attached hydrogen (secondary N) is 1. The third-order valence-electron chi connectivity index (χ3n) is 5.26. The van der Waals surface area contributed by atoms with Crippen LogP contribution in [-0.2, 0) is 5.41 Å². The van der Waals surface area contributed by atoms with Crippen LogP contribution >= 0.6 is 11.6 Å². The summed E-state index contributed by atoms with van der Waals surface area (Å²) in [6, 6.07) is 24.9. The van der Waals surface area contributed by atoms with Gasteiger partial charge in [-0.05, 0) is 40.8 Å². The van der Waals surface area contributed by atoms with E-state index in [1.54, 1.807) is 12.3 Å². The number of nitrogens with zero attached hydrogens (tertiary/aromatic N) is 2. The molecule has 4 nitrogen and oxygen atoms in total. The Balaban J connectivity index is 1.60. The average Bonchev–Trinajstić information content (AvgIpc) is 2.78. The molecule has 0 aliphatic rings. The van der Waals surface area contributed by atoms with E-state index in [4.69, 9.17) is 16.6 Å². The molecular formula is C27H24ClN3O. The first-order valence-corrected chi connectivity index (χ1v) is 10.8. The smallest absolute Gasteiger partial charge is 0.267 e. The second-order valence-electron chi connectivity index (χ2n) is 8.65. The number of hydrogen-bond donors (Lipinski definition) is 1. The van der Waals surface area contributed by atoms with Gasteiger partial charge in [-0.3, -0.25) is 4.79 Å². The van der Waals surface area contributed by atoms with E-state index in [0.29, 0.717) is 16.3 Å². The van der Waals surface area contributed by atoms with Gasteiger partial charge in [0.1, 0.15) is 0 Å². The van der Waals surface area contributed by atoms with Crippen molar-refractivity contribution in [2.45, 2.75) is 26.2 Å². The molecule has 1 amide bonds. The highest BCUT2D eigenvalue weighted by Gasteiger charge is 2.14. The number of fused-ring (bicyclic) bond motifs is 1. The average molecular weight is 442 g/mol. The molecule has 4 rings (SSSR count). The summed E-state index contributed by atoms with van der Waals surface area (Å²) in [5.41, 5.74) is 7.75. The number of benzene rings is 3. The molecule has 1 aromatic heterocycles. The highest BCUT2D eigenvalue weighted by molar-refractivity contribution is 6.30. The number of carbonyl (C=O) groups excluding carboxylic acids is 1. The standard InChI is InChI=1S/C27H24ClN3O/c1-27(2,3)20-12-8-18(9-13-20)17-29-31-26(32)23-16-25(19-10-14-21(28)15-11-19)30-24-7-5-4-6-22(23)24/h4-17H,1-3H3,(H,31,32)/b29-17-. The summed E-state index contributed by atoms with van der Waals surface area (Å²) in [6.07, 6.45) is 1.65. The second-order valence-corrected chi connectivity index (χ2v) is 9.09. The lowest BCUT2D eigenvalue weighted by Gasteiger charge is -2.18. The van der Waals surface area contributed by atoms with Gasteiger partial charge in [-0.2, -0.15) is 5.10 Å². The van der Waals surface area contributed by atoms with Crippen LogP contribution in [0.3, 0.4) is 0 Å². The number of carbonyl (C=O) groups is 1. The number of hydrogen-bond acceptors (Lipinski definition) is 3. The van der Waals surface area contributed by atoms with E-state index in [0.717, 1.165) is 22.0 Å². The van der Waals surface area contributed by atoms with Gasteiger partial charge in [0.25, 0.3) is 5.91 Å². The molecule has 0 atom stereocenters. The van der Waals surface area contributed by atoms with E-state index in [1.165, 1.54) is 5.56 Å². The van der Waals surface area contributed by atoms with Crippen molar-refractivity contribution in [3.63, 3.8) is 0 Å². The van der Waals surface area contributed by atoms with E-state index in [9.17, 15) is 4.79 Å². The third kappa shape index (κ3) is 4.87. The van der Waals surface area contributed by atoms with Crippen molar-refractivity contribution in [2.24, 2.45) is 5.10 Å². The number of halogens is 1. The summed E-state index contributed by atoms with van der Waals surface area (Å²) in [5.74, 6) is -0.290. The van der Waals surface area contributed by atoms with Gasteiger partial charge in [0.15, 0.2) is 0 Å². The number of hydrazone groups is 1. The lowest BCUT2D eigenvalue weighted by atomic mass is 9.87. The summed E-state index contributed by atoms with van der Waals surface area (Å²) in [7, 11) is 0. The van der Waals surface area contributed by atoms with Crippen LogP contribution in [0.1, 0.15) is 42.3 Å². The Labute approximate surface area is 193 Å². The molecule has 0 bridgehead atoms. The predicted molar refractivity (Wildman–Crippen MR) is 132 cm³/mol. The van der Waals surface area contributed by atoms with Crippen LogP contribution in [0.15, 0.2) is 84.0 Å². The van der Waals surface area contributed by atoms with Gasteiger partial charge in [0.05, 0.1) is 23.0 Å². The second kappa shape index (κ2) is 8.93. The van der Waals surface area contributed by atoms with Crippen molar-refractivity contribution in [3.05, 3.63) is 101 Å². The molecule has 0 aliphatic heterocycles. The Morgan fingerprint density at radius 1 is 0.969 bits per heavy atom. The molecule has 0 aliphatic carbocycles. The van der Waals surface area contributed by atoms with Crippen molar-refractivity contribution < 1.29 is 4.79 Å². The van der Waals surface area contributed by atoms with Crippen LogP contribution in [0.25, 0.3) is 22.2 Å². The first-order chi connectivity index (χ1) is 15.3. The van der Waals surface area contributed by atoms with Crippen molar-refractivity contribution in [2.75, 3.05) is 0 Å². The molecule has 5 heteroatoms. The summed E-state index contributed by atoms with van der Waals surface area (Å²) in [5, 5.41) is 5.59. The fourth-order valence-electron chi connectivity index (χ4n) is 3.43. The molecule has 3 aromatic carbocycles. The molecule has 0 fully saturated rings. The Kier molecular flexibility index (Phi) is 6.06. The Hall–Kier alpha value is -3.50. The van der Waals surface area contributed by atoms with E-state index >= 15 is 0 Å². The van der Waals surface area contributed by atoms with Crippen LogP contribution in [-0.4, -0.2) is 17.1 Å². The molecule has 1 N–H and O–H groups in total. The molecule has 32 heavy (non-hydrogen) atoms. The highest BCUT2D eigenvalue weighted by Crippen LogP contribution is 2.26. The summed E-state index contributed by atoms with van der Waals surface area (Å²) < 4.78 is 0. The van der Waals surface area contributed by atoms with Crippen molar-refractivity contribution in [1.82, 2.24) is 10.4 Å². The normalized spacial score (nSPS) is 11.8. The van der Waals surface area contributed by atoms with Gasteiger partial charge in [0.2, 0.25) is 0 Å². The molecule has 0 unspecified atom stereocenters. The lowest BCUT2D eigenvalue weighted by Crippen LogP contribution is -2.18. The maximum Gasteiger partial charge on any atom is 0.272 e. The molecule has 4 aromatic rings. The zero-order valence-electron chi connectivity index (χ0n) is 18.3. The SMILES string of the molecule is CC(C)(C)c1ccc(/C=N\NC(=O)c2cc(-c3ccc(Cl)cc3)nc3ccccc23)cc1. The van der Waals surface area contributed by atoms with Gasteiger partial charge in [-0.1, -0.05) is 87.0 Å². The third-order valence-corrected chi connectivity index (χ3v) is 5.51. The number of para-hydroxylation sites is 1. The van der Waals surface area contributed by atoms with Crippen molar-refractivity contribution >= 4 is 34.6 Å². The Morgan fingerprint density at radius 3 is 2.34 bits per heavy atom. The first kappa shape index (κ1) is 21.7. The maximum atomic E-state index is 13.0. The number of aromatic nitrogens is 1. The van der Waals surface area contributed by atoms with Crippen molar-refractivity contribution in [3.8, 4) is 11.3 Å². The van der Waals surface area contributed by atoms with E-state index in [-0.39, 0.29) is 11.3 Å². The van der Waals surface area contributed by atoms with E-state index in [1.807, 2.05) is 60.7 Å². The maximum absolute atomic E-state index is 13.0. The van der Waals surface area contributed by atoms with Gasteiger partial charge >= 0.3 is 0 Å². The monoisotopic (exact) mass is 441 g/mol. The fourth-order valence-corrected chi connectivity index (χ4v) is 3.55. The van der Waals surface area contributed by atoms with Crippen LogP contribution in [0.4, 0.5) is 0 Å². The van der Waals surface area contributed by atoms with Crippen LogP contribution < -0.4 is 5.43 Å². The zero-order valence-corrected chi connectivity index (χ0v) is 19.0. The largest absolute Gasteiger partial charge is 0.272 e. The quantitative estimate of drug-likeness (QED) is 0.286. The van der Waals surface area contributed by atoms with E-state index in [2.05, 4.69) is 43.4 Å². The topological polar surface area (TPSA) is 54.4 Å². The number of pyridine rings is 1. The summed E-state index contributed by atoms with van der Waals surface area (Å²) >= 11 is 6.01. The molecule has 0 saturated heterocycles. The fraction of sp³-hybridized carbons (Fsp3) is 0.148. The minimum atomic E-state index is -0.290. The summed E-state index contributed by atoms with van der Waals surface area (Å²) in [4.78, 5) is 17.7. The van der Waals surface area contributed by atoms with Crippen LogP contribution in [0, 0.1) is 0 Å². The first-order valence-electron chi connectivity index (χ1n) is 10.4. The van der Waals surface area contributed by atoms with Crippen LogP contribution in [0.2, 0.25) is 5.02 Å². The minimum Gasteiger partial charge on any atom is -0.267 e. The van der Waals surface area contributed by atoms with Gasteiger partial charge < -0.3 is 0 Å². The molecule has 0 radical (unpaired) electrons.